The smallest absolute Gasteiger partial charge is 0.263 e. The first-order valence-electron chi connectivity index (χ1n) is 7.58. The molecule has 0 bridgehead atoms. The largest absolute Gasteiger partial charge is 0.290 e. The molecule has 2 amide bonds. The maximum Gasteiger partial charge on any atom is 0.263 e. The van der Waals surface area contributed by atoms with Gasteiger partial charge in [0, 0.05) is 21.9 Å². The van der Waals surface area contributed by atoms with Crippen molar-refractivity contribution < 1.29 is 9.59 Å². The second-order valence-corrected chi connectivity index (χ2v) is 8.63. The lowest BCUT2D eigenvalue weighted by Gasteiger charge is -2.24. The van der Waals surface area contributed by atoms with Gasteiger partial charge >= 0.3 is 0 Å². The van der Waals surface area contributed by atoms with Gasteiger partial charge in [0.05, 0.1) is 10.6 Å². The van der Waals surface area contributed by atoms with Crippen molar-refractivity contribution in [3.63, 3.8) is 0 Å². The number of nitrogens with one attached hydrogen (secondary N) is 2. The molecule has 27 heavy (non-hydrogen) atoms. The van der Waals surface area contributed by atoms with Crippen LogP contribution in [0.5, 0.6) is 0 Å². The van der Waals surface area contributed by atoms with Crippen LogP contribution in [0.3, 0.4) is 0 Å². The second-order valence-electron chi connectivity index (χ2n) is 5.68. The number of imide groups is 1. The third-order valence-electron chi connectivity index (χ3n) is 3.74. The minimum absolute atomic E-state index is 0.329. The van der Waals surface area contributed by atoms with E-state index in [2.05, 4.69) is 47.6 Å². The van der Waals surface area contributed by atoms with E-state index in [1.807, 2.05) is 0 Å². The normalized spacial score (nSPS) is 18.6. The number of hydrogen-bond acceptors (Lipinski definition) is 5. The first kappa shape index (κ1) is 20.3. The van der Waals surface area contributed by atoms with Crippen LogP contribution in [0, 0.1) is 6.92 Å². The van der Waals surface area contributed by atoms with Crippen LogP contribution in [0.2, 0.25) is 10.0 Å². The Kier molecular flexibility index (Phi) is 5.93. The fraction of sp³-hybridized carbons (Fsp3) is 0.118. The average Bonchev–Trinajstić information content (AvgIpc) is 2.98. The van der Waals surface area contributed by atoms with E-state index in [0.29, 0.717) is 31.5 Å². The summed E-state index contributed by atoms with van der Waals surface area (Å²) in [6.45, 7) is 1.73. The number of hydrogen-bond donors (Lipinski definition) is 2. The number of halogens is 4. The van der Waals surface area contributed by atoms with Crippen LogP contribution >= 0.6 is 55.1 Å². The second kappa shape index (κ2) is 7.89. The van der Waals surface area contributed by atoms with E-state index in [0.717, 1.165) is 0 Å². The Hall–Kier alpha value is -1.45. The maximum absolute atomic E-state index is 12.7. The third-order valence-corrected chi connectivity index (χ3v) is 5.68. The number of alkyl halides is 1. The molecule has 10 heteroatoms. The molecule has 2 N–H and O–H groups in total. The molecule has 1 unspecified atom stereocenters. The number of amides is 2. The van der Waals surface area contributed by atoms with Gasteiger partial charge in [0.2, 0.25) is 0 Å². The standard InChI is InChI=1S/C17H12Br2Cl2N4O2/c1-9-7-10(20)8-11(18)13(9)15(26)23-16(27)17(19)4-6-25(24-17)14-12(21)3-2-5-22-14/h2-8,24H,1H3,(H,23,26,27). The van der Waals surface area contributed by atoms with E-state index >= 15 is 0 Å². The van der Waals surface area contributed by atoms with Crippen molar-refractivity contribution in [1.29, 1.82) is 0 Å². The fourth-order valence-electron chi connectivity index (χ4n) is 2.48. The summed E-state index contributed by atoms with van der Waals surface area (Å²) in [6, 6.07) is 6.62. The number of anilines is 1. The maximum atomic E-state index is 12.7. The number of carbonyl (C=O) groups is 2. The molecule has 0 fully saturated rings. The highest BCUT2D eigenvalue weighted by Crippen LogP contribution is 2.30. The molecule has 140 valence electrons. The Labute approximate surface area is 182 Å². The number of hydrazine groups is 1. The Morgan fingerprint density at radius 1 is 1.33 bits per heavy atom. The lowest BCUT2D eigenvalue weighted by molar-refractivity contribution is -0.121. The van der Waals surface area contributed by atoms with Gasteiger partial charge in [0.1, 0.15) is 0 Å². The van der Waals surface area contributed by atoms with Crippen molar-refractivity contribution in [3.8, 4) is 0 Å². The molecule has 1 aliphatic heterocycles. The van der Waals surface area contributed by atoms with E-state index in [1.165, 1.54) is 5.01 Å². The zero-order valence-electron chi connectivity index (χ0n) is 13.8. The summed E-state index contributed by atoms with van der Waals surface area (Å²) in [7, 11) is 0. The third kappa shape index (κ3) is 4.20. The highest BCUT2D eigenvalue weighted by molar-refractivity contribution is 9.10. The quantitative estimate of drug-likeness (QED) is 0.348. The molecule has 0 aliphatic carbocycles. The van der Waals surface area contributed by atoms with Gasteiger partial charge in [0.15, 0.2) is 10.3 Å². The number of carbonyl (C=O) groups excluding carboxylic acids is 2. The Bertz CT molecular complexity index is 947. The number of aryl methyl sites for hydroxylation is 1. The highest BCUT2D eigenvalue weighted by atomic mass is 79.9. The SMILES string of the molecule is Cc1cc(Cl)cc(Br)c1C(=O)NC(=O)C1(Br)C=CN(c2ncccc2Cl)N1. The number of pyridine rings is 1. The molecule has 1 aromatic carbocycles. The molecule has 1 atom stereocenters. The predicted molar refractivity (Wildman–Crippen MR) is 112 cm³/mol. The zero-order valence-corrected chi connectivity index (χ0v) is 18.4. The Morgan fingerprint density at radius 2 is 2.07 bits per heavy atom. The van der Waals surface area contributed by atoms with Crippen LogP contribution in [0.4, 0.5) is 5.82 Å². The Morgan fingerprint density at radius 3 is 2.74 bits per heavy atom. The fourth-order valence-corrected chi connectivity index (χ4v) is 4.24. The van der Waals surface area contributed by atoms with Crippen LogP contribution in [0.1, 0.15) is 15.9 Å². The lowest BCUT2D eigenvalue weighted by atomic mass is 10.1. The summed E-state index contributed by atoms with van der Waals surface area (Å²) < 4.78 is -0.839. The van der Waals surface area contributed by atoms with Gasteiger partial charge < -0.3 is 0 Å². The molecule has 1 aromatic heterocycles. The first-order valence-corrected chi connectivity index (χ1v) is 9.93. The van der Waals surface area contributed by atoms with Crippen LogP contribution in [-0.4, -0.2) is 21.2 Å². The molecule has 2 aromatic rings. The van der Waals surface area contributed by atoms with Crippen molar-refractivity contribution in [2.45, 2.75) is 11.4 Å². The molecule has 0 saturated heterocycles. The summed E-state index contributed by atoms with van der Waals surface area (Å²) >= 11 is 18.7. The van der Waals surface area contributed by atoms with Crippen molar-refractivity contribution in [2.24, 2.45) is 0 Å². The van der Waals surface area contributed by atoms with E-state index in [1.54, 1.807) is 49.7 Å². The van der Waals surface area contributed by atoms with Crippen LogP contribution in [-0.2, 0) is 4.79 Å². The van der Waals surface area contributed by atoms with Crippen molar-refractivity contribution in [2.75, 3.05) is 5.01 Å². The molecule has 0 spiro atoms. The zero-order chi connectivity index (χ0) is 19.8. The molecular formula is C17H12Br2Cl2N4O2. The van der Waals surface area contributed by atoms with Crippen molar-refractivity contribution in [3.05, 3.63) is 68.4 Å². The minimum Gasteiger partial charge on any atom is -0.290 e. The summed E-state index contributed by atoms with van der Waals surface area (Å²) in [4.78, 5) is 29.4. The molecule has 2 heterocycles. The van der Waals surface area contributed by atoms with Gasteiger partial charge in [-0.3, -0.25) is 19.9 Å². The number of benzene rings is 1. The van der Waals surface area contributed by atoms with Crippen LogP contribution in [0.25, 0.3) is 0 Å². The summed E-state index contributed by atoms with van der Waals surface area (Å²) in [5.41, 5.74) is 3.88. The highest BCUT2D eigenvalue weighted by Gasteiger charge is 2.40. The van der Waals surface area contributed by atoms with Gasteiger partial charge in [-0.25, -0.2) is 4.98 Å². The monoisotopic (exact) mass is 532 g/mol. The van der Waals surface area contributed by atoms with Crippen molar-refractivity contribution in [1.82, 2.24) is 15.7 Å². The van der Waals surface area contributed by atoms with Crippen molar-refractivity contribution >= 4 is 72.7 Å². The van der Waals surface area contributed by atoms with E-state index < -0.39 is 16.3 Å². The Balaban J connectivity index is 1.76. The minimum atomic E-state index is -1.34. The summed E-state index contributed by atoms with van der Waals surface area (Å²) in [5, 5.41) is 4.76. The van der Waals surface area contributed by atoms with Gasteiger partial charge in [-0.05, 0) is 58.8 Å². The van der Waals surface area contributed by atoms with Crippen LogP contribution in [0.15, 0.2) is 47.2 Å². The number of aromatic nitrogens is 1. The molecule has 6 nitrogen and oxygen atoms in total. The molecule has 0 saturated carbocycles. The van der Waals surface area contributed by atoms with Gasteiger partial charge in [-0.15, -0.1) is 0 Å². The lowest BCUT2D eigenvalue weighted by Crippen LogP contribution is -2.54. The van der Waals surface area contributed by atoms with Crippen LogP contribution < -0.4 is 15.8 Å². The van der Waals surface area contributed by atoms with Gasteiger partial charge in [0.25, 0.3) is 11.8 Å². The van der Waals surface area contributed by atoms with E-state index in [9.17, 15) is 9.59 Å². The number of nitrogens with zero attached hydrogens (tertiary/aromatic N) is 2. The van der Waals surface area contributed by atoms with Gasteiger partial charge in [-0.1, -0.05) is 39.1 Å². The molecule has 0 radical (unpaired) electrons. The number of rotatable bonds is 3. The molecule has 1 aliphatic rings. The molecular weight excluding hydrogens is 523 g/mol. The predicted octanol–water partition coefficient (Wildman–Crippen LogP) is 4.35. The topological polar surface area (TPSA) is 74.3 Å². The first-order chi connectivity index (χ1) is 12.7. The average molecular weight is 535 g/mol. The summed E-state index contributed by atoms with van der Waals surface area (Å²) in [5.74, 6) is -0.726. The summed E-state index contributed by atoms with van der Waals surface area (Å²) in [6.07, 6.45) is 4.72. The van der Waals surface area contributed by atoms with Gasteiger partial charge in [-0.2, -0.15) is 5.43 Å². The van der Waals surface area contributed by atoms with E-state index in [-0.39, 0.29) is 0 Å². The van der Waals surface area contributed by atoms with E-state index in [4.69, 9.17) is 23.2 Å². The molecule has 3 rings (SSSR count).